The van der Waals surface area contributed by atoms with Crippen LogP contribution in [0.1, 0.15) is 25.3 Å². The van der Waals surface area contributed by atoms with E-state index in [2.05, 4.69) is 11.8 Å². The van der Waals surface area contributed by atoms with Gasteiger partial charge in [0.05, 0.1) is 6.61 Å². The van der Waals surface area contributed by atoms with Crippen molar-refractivity contribution in [3.63, 3.8) is 0 Å². The van der Waals surface area contributed by atoms with E-state index in [1.54, 1.807) is 7.11 Å². The lowest BCUT2D eigenvalue weighted by Gasteiger charge is -2.33. The maximum atomic E-state index is 6.15. The van der Waals surface area contributed by atoms with Crippen molar-refractivity contribution in [1.82, 2.24) is 0 Å². The lowest BCUT2D eigenvalue weighted by Crippen LogP contribution is -2.37. The van der Waals surface area contributed by atoms with E-state index in [9.17, 15) is 0 Å². The minimum absolute atomic E-state index is 0.507. The van der Waals surface area contributed by atoms with Crippen LogP contribution in [0.3, 0.4) is 0 Å². The van der Waals surface area contributed by atoms with E-state index in [0.717, 1.165) is 28.7 Å². The van der Waals surface area contributed by atoms with E-state index in [4.69, 9.17) is 27.9 Å². The molecule has 1 aromatic rings. The normalized spacial score (nSPS) is 16.4. The van der Waals surface area contributed by atoms with Crippen LogP contribution in [0, 0.1) is 5.92 Å². The van der Waals surface area contributed by atoms with Crippen molar-refractivity contribution in [1.29, 1.82) is 0 Å². The average Bonchev–Trinajstić information content (AvgIpc) is 3.23. The van der Waals surface area contributed by atoms with Crippen molar-refractivity contribution in [3.05, 3.63) is 28.8 Å². The van der Waals surface area contributed by atoms with Gasteiger partial charge in [0.2, 0.25) is 0 Å². The van der Waals surface area contributed by atoms with Crippen LogP contribution < -0.4 is 4.90 Å². The Morgan fingerprint density at radius 3 is 2.74 bits per heavy atom. The van der Waals surface area contributed by atoms with Gasteiger partial charge in [-0.05, 0) is 43.4 Å². The molecule has 0 spiro atoms. The van der Waals surface area contributed by atoms with Crippen LogP contribution in [0.25, 0.3) is 0 Å². The van der Waals surface area contributed by atoms with Gasteiger partial charge in [0.15, 0.2) is 0 Å². The summed E-state index contributed by atoms with van der Waals surface area (Å²) >= 11 is 12.2. The highest BCUT2D eigenvalue weighted by atomic mass is 35.5. The molecule has 2 nitrogen and oxygen atoms in total. The maximum Gasteiger partial charge on any atom is 0.0637 e. The minimum atomic E-state index is 0.507. The number of hydrogen-bond acceptors (Lipinski definition) is 2. The molecular weight excluding hydrogens is 281 g/mol. The smallest absolute Gasteiger partial charge is 0.0637 e. The molecule has 2 rings (SSSR count). The van der Waals surface area contributed by atoms with Gasteiger partial charge in [-0.1, -0.05) is 17.7 Å². The molecule has 0 N–H and O–H groups in total. The van der Waals surface area contributed by atoms with Crippen LogP contribution in [0.2, 0.25) is 5.02 Å². The molecule has 1 saturated carbocycles. The number of methoxy groups -OCH3 is 1. The maximum absolute atomic E-state index is 6.15. The fourth-order valence-electron chi connectivity index (χ4n) is 2.48. The van der Waals surface area contributed by atoms with E-state index in [1.165, 1.54) is 12.8 Å². The number of hydrogen-bond donors (Lipinski definition) is 0. The summed E-state index contributed by atoms with van der Waals surface area (Å²) in [6.07, 6.45) is 2.64. The summed E-state index contributed by atoms with van der Waals surface area (Å²) in [5.74, 6) is 1.30. The molecule has 0 aliphatic heterocycles. The van der Waals surface area contributed by atoms with Gasteiger partial charge in [0.25, 0.3) is 0 Å². The highest BCUT2D eigenvalue weighted by molar-refractivity contribution is 6.31. The quantitative estimate of drug-likeness (QED) is 0.695. The van der Waals surface area contributed by atoms with E-state index in [-0.39, 0.29) is 0 Å². The third kappa shape index (κ3) is 3.77. The van der Waals surface area contributed by atoms with Crippen molar-refractivity contribution in [2.45, 2.75) is 31.7 Å². The van der Waals surface area contributed by atoms with E-state index >= 15 is 0 Å². The Kier molecular flexibility index (Phi) is 5.37. The molecule has 4 heteroatoms. The molecule has 1 unspecified atom stereocenters. The fourth-order valence-corrected chi connectivity index (χ4v) is 2.88. The Labute approximate surface area is 125 Å². The van der Waals surface area contributed by atoms with Gasteiger partial charge in [0, 0.05) is 36.3 Å². The van der Waals surface area contributed by atoms with Crippen LogP contribution >= 0.6 is 23.2 Å². The van der Waals surface area contributed by atoms with Crippen LogP contribution in [0.5, 0.6) is 0 Å². The Bertz CT molecular complexity index is 421. The molecule has 0 amide bonds. The number of rotatable bonds is 7. The summed E-state index contributed by atoms with van der Waals surface area (Å²) in [6.45, 7) is 3.87. The molecule has 0 aromatic heterocycles. The molecule has 19 heavy (non-hydrogen) atoms. The molecule has 1 atom stereocenters. The molecule has 1 fully saturated rings. The van der Waals surface area contributed by atoms with Gasteiger partial charge < -0.3 is 9.64 Å². The zero-order valence-corrected chi connectivity index (χ0v) is 13.0. The summed E-state index contributed by atoms with van der Waals surface area (Å²) in [5.41, 5.74) is 2.29. The third-order valence-corrected chi connectivity index (χ3v) is 4.36. The van der Waals surface area contributed by atoms with Gasteiger partial charge in [-0.15, -0.1) is 11.6 Å². The second-order valence-corrected chi connectivity index (χ2v) is 5.87. The number of nitrogens with zero attached hydrogens (tertiary/aromatic N) is 1. The second kappa shape index (κ2) is 6.83. The van der Waals surface area contributed by atoms with Gasteiger partial charge in [-0.3, -0.25) is 0 Å². The van der Waals surface area contributed by atoms with Crippen molar-refractivity contribution < 1.29 is 4.74 Å². The first kappa shape index (κ1) is 15.0. The van der Waals surface area contributed by atoms with Crippen molar-refractivity contribution in [2.24, 2.45) is 5.92 Å². The first-order valence-corrected chi connectivity index (χ1v) is 7.68. The Morgan fingerprint density at radius 2 is 2.16 bits per heavy atom. The summed E-state index contributed by atoms with van der Waals surface area (Å²) in [4.78, 5) is 2.39. The molecule has 0 bridgehead atoms. The monoisotopic (exact) mass is 301 g/mol. The predicted octanol–water partition coefficient (Wildman–Crippen LogP) is 4.33. The molecule has 0 radical (unpaired) electrons. The lowest BCUT2D eigenvalue weighted by atomic mass is 10.1. The van der Waals surface area contributed by atoms with E-state index in [1.807, 2.05) is 18.2 Å². The molecule has 0 saturated heterocycles. The highest BCUT2D eigenvalue weighted by Crippen LogP contribution is 2.38. The molecule has 1 aliphatic rings. The Morgan fingerprint density at radius 1 is 1.42 bits per heavy atom. The highest BCUT2D eigenvalue weighted by Gasteiger charge is 2.32. The zero-order valence-electron chi connectivity index (χ0n) is 11.5. The van der Waals surface area contributed by atoms with Crippen molar-refractivity contribution in [2.75, 3.05) is 25.2 Å². The Hall–Kier alpha value is -0.440. The van der Waals surface area contributed by atoms with Crippen molar-refractivity contribution in [3.8, 4) is 0 Å². The SMILES string of the molecule is COCCN(c1cc(Cl)ccc1CCl)C(C)C1CC1. The van der Waals surface area contributed by atoms with Crippen LogP contribution in [-0.4, -0.2) is 26.3 Å². The minimum Gasteiger partial charge on any atom is -0.383 e. The largest absolute Gasteiger partial charge is 0.383 e. The predicted molar refractivity (Wildman–Crippen MR) is 82.4 cm³/mol. The number of anilines is 1. The molecule has 0 heterocycles. The number of ether oxygens (including phenoxy) is 1. The van der Waals surface area contributed by atoms with Gasteiger partial charge >= 0.3 is 0 Å². The molecule has 1 aromatic carbocycles. The van der Waals surface area contributed by atoms with Crippen molar-refractivity contribution >= 4 is 28.9 Å². The number of alkyl halides is 1. The fraction of sp³-hybridized carbons (Fsp3) is 0.600. The van der Waals surface area contributed by atoms with Crippen LogP contribution in [-0.2, 0) is 10.6 Å². The Balaban J connectivity index is 2.27. The summed E-state index contributed by atoms with van der Waals surface area (Å²) < 4.78 is 5.24. The standard InChI is InChI=1S/C15H21Cl2NO/c1-11(12-3-4-12)18(7-8-19-2)15-9-14(17)6-5-13(15)10-16/h5-6,9,11-12H,3-4,7-8,10H2,1-2H3. The van der Waals surface area contributed by atoms with E-state index < -0.39 is 0 Å². The van der Waals surface area contributed by atoms with E-state index in [0.29, 0.717) is 18.5 Å². The average molecular weight is 302 g/mol. The van der Waals surface area contributed by atoms with Gasteiger partial charge in [0.1, 0.15) is 0 Å². The van der Waals surface area contributed by atoms with Crippen LogP contribution in [0.4, 0.5) is 5.69 Å². The summed E-state index contributed by atoms with van der Waals surface area (Å²) in [6, 6.07) is 6.45. The molecule has 1 aliphatic carbocycles. The van der Waals surface area contributed by atoms with Crippen LogP contribution in [0.15, 0.2) is 18.2 Å². The molecule has 106 valence electrons. The second-order valence-electron chi connectivity index (χ2n) is 5.17. The van der Waals surface area contributed by atoms with Gasteiger partial charge in [-0.2, -0.15) is 0 Å². The topological polar surface area (TPSA) is 12.5 Å². The molecular formula is C15H21Cl2NO. The summed E-state index contributed by atoms with van der Waals surface area (Å²) in [5, 5.41) is 0.759. The lowest BCUT2D eigenvalue weighted by molar-refractivity contribution is 0.202. The zero-order chi connectivity index (χ0) is 13.8. The number of benzene rings is 1. The summed E-state index contributed by atoms with van der Waals surface area (Å²) in [7, 11) is 1.74. The first-order valence-electron chi connectivity index (χ1n) is 6.77. The first-order chi connectivity index (χ1) is 9.17. The third-order valence-electron chi connectivity index (χ3n) is 3.83. The number of halogens is 2. The van der Waals surface area contributed by atoms with Gasteiger partial charge in [-0.25, -0.2) is 0 Å².